The first-order chi connectivity index (χ1) is 14.0. The van der Waals surface area contributed by atoms with Crippen LogP contribution in [0.15, 0.2) is 59.6 Å². The molecule has 0 N–H and O–H groups in total. The molecule has 5 heteroatoms. The molecular formula is C24H23Cl2NO2. The summed E-state index contributed by atoms with van der Waals surface area (Å²) in [6.45, 7) is 6.95. The highest BCUT2D eigenvalue weighted by Gasteiger charge is 2.12. The SMILES string of the molecule is CCOc1cc(C=Nc2ccc(C)c(C)c2)cc(Cl)c1OCc1ccc(Cl)cc1. The Balaban J connectivity index is 1.82. The number of nitrogens with zero attached hydrogens (tertiary/aromatic N) is 1. The van der Waals surface area contributed by atoms with Gasteiger partial charge in [0.1, 0.15) is 6.61 Å². The van der Waals surface area contributed by atoms with Gasteiger partial charge in [-0.3, -0.25) is 4.99 Å². The van der Waals surface area contributed by atoms with Crippen LogP contribution in [0.2, 0.25) is 10.0 Å². The molecule has 0 unspecified atom stereocenters. The second-order valence-electron chi connectivity index (χ2n) is 6.70. The van der Waals surface area contributed by atoms with Gasteiger partial charge in [-0.15, -0.1) is 0 Å². The second kappa shape index (κ2) is 9.82. The van der Waals surface area contributed by atoms with Crippen molar-refractivity contribution in [1.82, 2.24) is 0 Å². The number of benzene rings is 3. The summed E-state index contributed by atoms with van der Waals surface area (Å²) in [7, 11) is 0. The van der Waals surface area contributed by atoms with Crippen LogP contribution in [0.4, 0.5) is 5.69 Å². The lowest BCUT2D eigenvalue weighted by molar-refractivity contribution is 0.269. The molecule has 0 atom stereocenters. The Labute approximate surface area is 181 Å². The van der Waals surface area contributed by atoms with E-state index < -0.39 is 0 Å². The van der Waals surface area contributed by atoms with Crippen molar-refractivity contribution < 1.29 is 9.47 Å². The highest BCUT2D eigenvalue weighted by molar-refractivity contribution is 6.32. The van der Waals surface area contributed by atoms with E-state index >= 15 is 0 Å². The molecule has 0 bridgehead atoms. The van der Waals surface area contributed by atoms with Crippen LogP contribution in [0.5, 0.6) is 11.5 Å². The van der Waals surface area contributed by atoms with Gasteiger partial charge in [-0.05, 0) is 79.4 Å². The molecule has 0 radical (unpaired) electrons. The molecule has 3 nitrogen and oxygen atoms in total. The van der Waals surface area contributed by atoms with Crippen molar-refractivity contribution in [2.75, 3.05) is 6.61 Å². The fourth-order valence-electron chi connectivity index (χ4n) is 2.76. The smallest absolute Gasteiger partial charge is 0.180 e. The van der Waals surface area contributed by atoms with Gasteiger partial charge in [0.05, 0.1) is 17.3 Å². The standard InChI is InChI=1S/C24H23Cl2NO2/c1-4-28-23-13-19(14-27-21-10-5-16(2)17(3)11-21)12-22(26)24(23)29-15-18-6-8-20(25)9-7-18/h5-14H,4,15H2,1-3H3. The number of hydrogen-bond acceptors (Lipinski definition) is 3. The quantitative estimate of drug-likeness (QED) is 0.369. The molecule has 0 spiro atoms. The summed E-state index contributed by atoms with van der Waals surface area (Å²) < 4.78 is 11.7. The highest BCUT2D eigenvalue weighted by atomic mass is 35.5. The molecule has 29 heavy (non-hydrogen) atoms. The molecule has 0 aliphatic carbocycles. The average Bonchev–Trinajstić information content (AvgIpc) is 2.70. The Bertz CT molecular complexity index is 1010. The molecule has 0 aromatic heterocycles. The van der Waals surface area contributed by atoms with E-state index in [-0.39, 0.29) is 0 Å². The minimum Gasteiger partial charge on any atom is -0.490 e. The molecule has 3 rings (SSSR count). The first-order valence-corrected chi connectivity index (χ1v) is 10.2. The molecule has 0 fully saturated rings. The Morgan fingerprint density at radius 1 is 0.897 bits per heavy atom. The Morgan fingerprint density at radius 3 is 2.34 bits per heavy atom. The molecule has 0 amide bonds. The summed E-state index contributed by atoms with van der Waals surface area (Å²) in [6, 6.07) is 17.3. The molecule has 0 heterocycles. The summed E-state index contributed by atoms with van der Waals surface area (Å²) in [5.41, 5.74) is 5.18. The van der Waals surface area contributed by atoms with E-state index in [9.17, 15) is 0 Å². The van der Waals surface area contributed by atoms with Gasteiger partial charge in [-0.2, -0.15) is 0 Å². The molecule has 0 saturated heterocycles. The van der Waals surface area contributed by atoms with Crippen LogP contribution in [0.3, 0.4) is 0 Å². The van der Waals surface area contributed by atoms with Gasteiger partial charge in [0.2, 0.25) is 0 Å². The molecule has 3 aromatic carbocycles. The molecule has 0 aliphatic rings. The van der Waals surface area contributed by atoms with Gasteiger partial charge >= 0.3 is 0 Å². The van der Waals surface area contributed by atoms with Crippen LogP contribution < -0.4 is 9.47 Å². The van der Waals surface area contributed by atoms with Crippen molar-refractivity contribution in [3.8, 4) is 11.5 Å². The van der Waals surface area contributed by atoms with Gasteiger partial charge in [0, 0.05) is 11.2 Å². The van der Waals surface area contributed by atoms with Crippen LogP contribution in [0.25, 0.3) is 0 Å². The Kier molecular flexibility index (Phi) is 7.18. The van der Waals surface area contributed by atoms with Crippen molar-refractivity contribution in [2.45, 2.75) is 27.4 Å². The third kappa shape index (κ3) is 5.75. The first kappa shape index (κ1) is 21.2. The van der Waals surface area contributed by atoms with Gasteiger partial charge in [-0.1, -0.05) is 41.4 Å². The topological polar surface area (TPSA) is 30.8 Å². The van der Waals surface area contributed by atoms with Crippen LogP contribution in [0.1, 0.15) is 29.2 Å². The van der Waals surface area contributed by atoms with E-state index in [0.717, 1.165) is 16.8 Å². The summed E-state index contributed by atoms with van der Waals surface area (Å²) in [6.07, 6.45) is 1.78. The lowest BCUT2D eigenvalue weighted by Crippen LogP contribution is -2.01. The largest absolute Gasteiger partial charge is 0.490 e. The van der Waals surface area contributed by atoms with Gasteiger partial charge in [-0.25, -0.2) is 0 Å². The van der Waals surface area contributed by atoms with Crippen molar-refractivity contribution in [2.24, 2.45) is 4.99 Å². The monoisotopic (exact) mass is 427 g/mol. The normalized spacial score (nSPS) is 11.1. The molecule has 150 valence electrons. The maximum absolute atomic E-state index is 6.50. The summed E-state index contributed by atoms with van der Waals surface area (Å²) in [5.74, 6) is 1.11. The van der Waals surface area contributed by atoms with Crippen LogP contribution in [-0.4, -0.2) is 12.8 Å². The van der Waals surface area contributed by atoms with E-state index in [1.807, 2.05) is 49.4 Å². The molecule has 0 aliphatic heterocycles. The number of ether oxygens (including phenoxy) is 2. The van der Waals surface area contributed by atoms with Crippen LogP contribution >= 0.6 is 23.2 Å². The minimum atomic E-state index is 0.368. The number of aryl methyl sites for hydroxylation is 2. The van der Waals surface area contributed by atoms with Gasteiger partial charge in [0.15, 0.2) is 11.5 Å². The number of aliphatic imine (C=N–C) groups is 1. The molecule has 0 saturated carbocycles. The zero-order chi connectivity index (χ0) is 20.8. The van der Waals surface area contributed by atoms with Crippen LogP contribution in [0, 0.1) is 13.8 Å². The number of halogens is 2. The summed E-state index contributed by atoms with van der Waals surface area (Å²) in [4.78, 5) is 4.56. The first-order valence-electron chi connectivity index (χ1n) is 9.41. The van der Waals surface area contributed by atoms with E-state index in [1.165, 1.54) is 11.1 Å². The maximum atomic E-state index is 6.50. The number of rotatable bonds is 7. The molecule has 3 aromatic rings. The van der Waals surface area contributed by atoms with Crippen molar-refractivity contribution >= 4 is 35.1 Å². The van der Waals surface area contributed by atoms with Crippen molar-refractivity contribution in [3.05, 3.63) is 86.9 Å². The van der Waals surface area contributed by atoms with E-state index in [2.05, 4.69) is 31.0 Å². The predicted octanol–water partition coefficient (Wildman–Crippen LogP) is 7.34. The fourth-order valence-corrected chi connectivity index (χ4v) is 3.16. The Hall–Kier alpha value is -2.49. The highest BCUT2D eigenvalue weighted by Crippen LogP contribution is 2.37. The average molecular weight is 428 g/mol. The van der Waals surface area contributed by atoms with Gasteiger partial charge in [0.25, 0.3) is 0 Å². The third-order valence-corrected chi connectivity index (χ3v) is 5.01. The fraction of sp³-hybridized carbons (Fsp3) is 0.208. The van der Waals surface area contributed by atoms with Crippen molar-refractivity contribution in [3.63, 3.8) is 0 Å². The predicted molar refractivity (Wildman–Crippen MR) is 122 cm³/mol. The minimum absolute atomic E-state index is 0.368. The zero-order valence-corrected chi connectivity index (χ0v) is 18.2. The summed E-state index contributed by atoms with van der Waals surface area (Å²) in [5, 5.41) is 1.17. The zero-order valence-electron chi connectivity index (χ0n) is 16.7. The Morgan fingerprint density at radius 2 is 1.66 bits per heavy atom. The lowest BCUT2D eigenvalue weighted by Gasteiger charge is -2.14. The van der Waals surface area contributed by atoms with E-state index in [0.29, 0.717) is 34.8 Å². The second-order valence-corrected chi connectivity index (χ2v) is 7.55. The van der Waals surface area contributed by atoms with Crippen molar-refractivity contribution in [1.29, 1.82) is 0 Å². The van der Waals surface area contributed by atoms with Crippen LogP contribution in [-0.2, 0) is 6.61 Å². The maximum Gasteiger partial charge on any atom is 0.180 e. The van der Waals surface area contributed by atoms with Gasteiger partial charge < -0.3 is 9.47 Å². The molecular weight excluding hydrogens is 405 g/mol. The summed E-state index contributed by atoms with van der Waals surface area (Å²) >= 11 is 12.4. The third-order valence-electron chi connectivity index (χ3n) is 4.48. The van der Waals surface area contributed by atoms with E-state index in [1.54, 1.807) is 6.21 Å². The number of hydrogen-bond donors (Lipinski definition) is 0. The van der Waals surface area contributed by atoms with E-state index in [4.69, 9.17) is 32.7 Å². The lowest BCUT2D eigenvalue weighted by atomic mass is 10.1.